The SMILES string of the molecule is CC1(C)CC=CC2=C1CC(=O)c1c2ccc2c(N)c(-c3ccccc3)ccc12.N#Cc1cnc2ccccc2c1. The van der Waals surface area contributed by atoms with E-state index in [0.29, 0.717) is 12.0 Å². The number of nitrogen functional groups attached to an aromatic ring is 1. The highest BCUT2D eigenvalue weighted by atomic mass is 16.1. The molecule has 4 heteroatoms. The molecule has 0 bridgehead atoms. The van der Waals surface area contributed by atoms with Gasteiger partial charge in [0.05, 0.1) is 11.1 Å². The van der Waals surface area contributed by atoms with Crippen LogP contribution in [-0.2, 0) is 0 Å². The van der Waals surface area contributed by atoms with Gasteiger partial charge in [-0.05, 0) is 51.6 Å². The highest BCUT2D eigenvalue weighted by Crippen LogP contribution is 2.48. The van der Waals surface area contributed by atoms with Crippen molar-refractivity contribution in [2.75, 3.05) is 5.73 Å². The highest BCUT2D eigenvalue weighted by molar-refractivity contribution is 6.18. The van der Waals surface area contributed by atoms with Crippen LogP contribution in [0.4, 0.5) is 5.69 Å². The lowest BCUT2D eigenvalue weighted by Gasteiger charge is -2.35. The molecule has 0 unspecified atom stereocenters. The Balaban J connectivity index is 0.000000201. The molecule has 0 radical (unpaired) electrons. The number of hydrogen-bond acceptors (Lipinski definition) is 4. The number of nitrogens with zero attached hydrogens (tertiary/aromatic N) is 2. The second-order valence-corrected chi connectivity index (χ2v) is 11.0. The van der Waals surface area contributed by atoms with Gasteiger partial charge in [-0.25, -0.2) is 0 Å². The first-order chi connectivity index (χ1) is 19.4. The smallest absolute Gasteiger partial charge is 0.168 e. The standard InChI is InChI=1S/C26H23NO.C10H6N2/c1-26(2)14-6-9-18-19-12-13-21-20(24(19)23(28)15-22(18)26)11-10-17(25(21)27)16-7-4-3-5-8-16;11-6-8-5-9-3-1-2-4-10(9)12-7-8/h3-13H,14-15,27H2,1-2H3;1-5,7H. The molecule has 1 aromatic heterocycles. The van der Waals surface area contributed by atoms with Gasteiger partial charge in [0, 0.05) is 40.2 Å². The maximum absolute atomic E-state index is 13.2. The molecule has 4 aromatic carbocycles. The summed E-state index contributed by atoms with van der Waals surface area (Å²) >= 11 is 0. The zero-order chi connectivity index (χ0) is 27.9. The number of rotatable bonds is 1. The summed E-state index contributed by atoms with van der Waals surface area (Å²) in [5, 5.41) is 11.5. The highest BCUT2D eigenvalue weighted by Gasteiger charge is 2.35. The van der Waals surface area contributed by atoms with Crippen LogP contribution in [0.1, 0.15) is 48.2 Å². The Kier molecular flexibility index (Phi) is 6.28. The second-order valence-electron chi connectivity index (χ2n) is 11.0. The van der Waals surface area contributed by atoms with Gasteiger partial charge in [-0.2, -0.15) is 5.26 Å². The van der Waals surface area contributed by atoms with E-state index in [4.69, 9.17) is 11.0 Å². The molecule has 0 saturated heterocycles. The van der Waals surface area contributed by atoms with Gasteiger partial charge in [0.2, 0.25) is 0 Å². The van der Waals surface area contributed by atoms with Crippen molar-refractivity contribution in [1.82, 2.24) is 4.98 Å². The van der Waals surface area contributed by atoms with Gasteiger partial charge in [0.25, 0.3) is 0 Å². The van der Waals surface area contributed by atoms with Gasteiger partial charge in [0.15, 0.2) is 5.78 Å². The van der Waals surface area contributed by atoms with E-state index in [1.807, 2.05) is 54.6 Å². The summed E-state index contributed by atoms with van der Waals surface area (Å²) in [5.74, 6) is 0.203. The average molecular weight is 520 g/mol. The molecule has 2 N–H and O–H groups in total. The molecule has 1 heterocycles. The van der Waals surface area contributed by atoms with Crippen LogP contribution in [0.2, 0.25) is 0 Å². The molecule has 0 atom stereocenters. The Hall–Kier alpha value is -5.01. The van der Waals surface area contributed by atoms with Gasteiger partial charge in [0.1, 0.15) is 6.07 Å². The van der Waals surface area contributed by atoms with Crippen molar-refractivity contribution < 1.29 is 4.79 Å². The number of carbonyl (C=O) groups is 1. The van der Waals surface area contributed by atoms with E-state index in [1.165, 1.54) is 11.1 Å². The lowest BCUT2D eigenvalue weighted by molar-refractivity contribution is 0.0985. The number of fused-ring (bicyclic) bond motifs is 5. The van der Waals surface area contributed by atoms with E-state index >= 15 is 0 Å². The number of Topliss-reactive ketones (excluding diaryl/α,β-unsaturated/α-hetero) is 1. The maximum Gasteiger partial charge on any atom is 0.168 e. The van der Waals surface area contributed by atoms with E-state index < -0.39 is 0 Å². The van der Waals surface area contributed by atoms with Crippen molar-refractivity contribution in [3.05, 3.63) is 126 Å². The van der Waals surface area contributed by atoms with Crippen molar-refractivity contribution in [2.24, 2.45) is 5.41 Å². The monoisotopic (exact) mass is 519 g/mol. The van der Waals surface area contributed by atoms with Crippen LogP contribution in [0.3, 0.4) is 0 Å². The predicted molar refractivity (Wildman–Crippen MR) is 164 cm³/mol. The quantitative estimate of drug-likeness (QED) is 0.225. The van der Waals surface area contributed by atoms with Crippen LogP contribution in [0.25, 0.3) is 38.4 Å². The van der Waals surface area contributed by atoms with Gasteiger partial charge in [-0.15, -0.1) is 0 Å². The fourth-order valence-corrected chi connectivity index (χ4v) is 5.85. The van der Waals surface area contributed by atoms with E-state index in [9.17, 15) is 4.79 Å². The number of allylic oxidation sites excluding steroid dienone is 4. The number of benzene rings is 4. The summed E-state index contributed by atoms with van der Waals surface area (Å²) in [5.41, 5.74) is 15.3. The van der Waals surface area contributed by atoms with Crippen LogP contribution in [0.15, 0.2) is 109 Å². The van der Waals surface area contributed by atoms with E-state index in [1.54, 1.807) is 6.20 Å². The van der Waals surface area contributed by atoms with Crippen LogP contribution in [0, 0.1) is 16.7 Å². The zero-order valence-electron chi connectivity index (χ0n) is 22.6. The Labute approximate surface area is 234 Å². The van der Waals surface area contributed by atoms with Crippen molar-refractivity contribution in [2.45, 2.75) is 26.7 Å². The minimum Gasteiger partial charge on any atom is -0.398 e. The second kappa shape index (κ2) is 9.94. The number of pyridine rings is 1. The molecule has 4 nitrogen and oxygen atoms in total. The van der Waals surface area contributed by atoms with Crippen molar-refractivity contribution in [3.8, 4) is 17.2 Å². The molecule has 0 amide bonds. The third-order valence-corrected chi connectivity index (χ3v) is 8.01. The van der Waals surface area contributed by atoms with E-state index in [2.05, 4.69) is 67.4 Å². The largest absolute Gasteiger partial charge is 0.398 e. The number of hydrogen-bond donors (Lipinski definition) is 1. The van der Waals surface area contributed by atoms with E-state index in [0.717, 1.165) is 56.0 Å². The van der Waals surface area contributed by atoms with Crippen LogP contribution >= 0.6 is 0 Å². The van der Waals surface area contributed by atoms with Gasteiger partial charge < -0.3 is 5.73 Å². The van der Waals surface area contributed by atoms with Crippen LogP contribution in [0.5, 0.6) is 0 Å². The summed E-state index contributed by atoms with van der Waals surface area (Å²) in [6, 6.07) is 30.1. The molecule has 0 saturated carbocycles. The Morgan fingerprint density at radius 3 is 2.42 bits per heavy atom. The van der Waals surface area contributed by atoms with Gasteiger partial charge in [-0.3, -0.25) is 9.78 Å². The third kappa shape index (κ3) is 4.36. The van der Waals surface area contributed by atoms with Gasteiger partial charge in [-0.1, -0.05) is 98.8 Å². The van der Waals surface area contributed by atoms with Crippen LogP contribution in [-0.4, -0.2) is 10.8 Å². The maximum atomic E-state index is 13.2. The first-order valence-electron chi connectivity index (χ1n) is 13.5. The molecule has 194 valence electrons. The number of anilines is 1. The van der Waals surface area contributed by atoms with Crippen LogP contribution < -0.4 is 5.73 Å². The Morgan fingerprint density at radius 1 is 0.900 bits per heavy atom. The molecular formula is C36H29N3O. The summed E-state index contributed by atoms with van der Waals surface area (Å²) < 4.78 is 0. The predicted octanol–water partition coefficient (Wildman–Crippen LogP) is 8.52. The number of para-hydroxylation sites is 1. The van der Waals surface area contributed by atoms with Gasteiger partial charge >= 0.3 is 0 Å². The zero-order valence-corrected chi connectivity index (χ0v) is 22.6. The summed E-state index contributed by atoms with van der Waals surface area (Å²) in [6.45, 7) is 4.46. The average Bonchev–Trinajstić information content (AvgIpc) is 2.98. The minimum absolute atomic E-state index is 0.0303. The van der Waals surface area contributed by atoms with E-state index in [-0.39, 0.29) is 11.2 Å². The molecule has 2 aliphatic carbocycles. The number of ketones is 1. The molecule has 0 aliphatic heterocycles. The third-order valence-electron chi connectivity index (χ3n) is 8.01. The molecule has 2 aliphatic rings. The molecule has 5 aromatic rings. The number of aromatic nitrogens is 1. The number of nitriles is 1. The number of carbonyl (C=O) groups excluding carboxylic acids is 1. The lowest BCUT2D eigenvalue weighted by Crippen LogP contribution is -2.24. The normalized spacial score (nSPS) is 15.2. The topological polar surface area (TPSA) is 79.8 Å². The molecular weight excluding hydrogens is 490 g/mol. The van der Waals surface area contributed by atoms with Crippen molar-refractivity contribution in [3.63, 3.8) is 0 Å². The summed E-state index contributed by atoms with van der Waals surface area (Å²) in [7, 11) is 0. The fourth-order valence-electron chi connectivity index (χ4n) is 5.85. The first kappa shape index (κ1) is 25.3. The fraction of sp³-hybridized carbons (Fsp3) is 0.139. The molecule has 7 rings (SSSR count). The molecule has 0 spiro atoms. The minimum atomic E-state index is 0.0303. The van der Waals surface area contributed by atoms with Crippen molar-refractivity contribution >= 4 is 38.7 Å². The van der Waals surface area contributed by atoms with Crippen molar-refractivity contribution in [1.29, 1.82) is 5.26 Å². The first-order valence-corrected chi connectivity index (χ1v) is 13.5. The number of nitrogens with two attached hydrogens (primary N) is 1. The Bertz CT molecular complexity index is 1910. The lowest BCUT2D eigenvalue weighted by atomic mass is 9.68. The summed E-state index contributed by atoms with van der Waals surface area (Å²) in [6.07, 6.45) is 7.49. The summed E-state index contributed by atoms with van der Waals surface area (Å²) in [4.78, 5) is 17.3. The molecule has 40 heavy (non-hydrogen) atoms. The molecule has 0 fully saturated rings. The Morgan fingerprint density at radius 2 is 1.62 bits per heavy atom.